The van der Waals surface area contributed by atoms with Gasteiger partial charge in [0, 0.05) is 16.1 Å². The van der Waals surface area contributed by atoms with Crippen LogP contribution in [0.5, 0.6) is 0 Å². The minimum Gasteiger partial charge on any atom is -0.488 e. The van der Waals surface area contributed by atoms with Gasteiger partial charge in [-0.15, -0.1) is 0 Å². The van der Waals surface area contributed by atoms with Crippen molar-refractivity contribution in [3.05, 3.63) is 70.2 Å². The highest BCUT2D eigenvalue weighted by atomic mass is 35.5. The van der Waals surface area contributed by atoms with Crippen LogP contribution in [0.15, 0.2) is 48.5 Å². The number of fused-ring (bicyclic) bond motifs is 1. The Bertz CT molecular complexity index is 587. The van der Waals surface area contributed by atoms with Crippen molar-refractivity contribution in [2.45, 2.75) is 6.61 Å². The van der Waals surface area contributed by atoms with Gasteiger partial charge in [0.1, 0.15) is 12.4 Å². The van der Waals surface area contributed by atoms with Gasteiger partial charge in [-0.1, -0.05) is 48.0 Å². The molecule has 0 saturated carbocycles. The summed E-state index contributed by atoms with van der Waals surface area (Å²) in [5.41, 5.74) is 3.47. The third-order valence-corrected chi connectivity index (χ3v) is 3.05. The third kappa shape index (κ3) is 2.06. The van der Waals surface area contributed by atoms with Crippen LogP contribution in [0.25, 0.3) is 11.8 Å². The van der Waals surface area contributed by atoms with Crippen LogP contribution in [-0.2, 0) is 11.3 Å². The summed E-state index contributed by atoms with van der Waals surface area (Å²) in [6.45, 7) is 0.655. The SMILES string of the molecule is Clc1cccc(/C=C2/OCc3ccccc32)c1. The van der Waals surface area contributed by atoms with Gasteiger partial charge in [-0.25, -0.2) is 0 Å². The Morgan fingerprint density at radius 3 is 2.82 bits per heavy atom. The lowest BCUT2D eigenvalue weighted by molar-refractivity contribution is 0.287. The summed E-state index contributed by atoms with van der Waals surface area (Å²) in [4.78, 5) is 0. The maximum atomic E-state index is 5.96. The molecule has 0 bridgehead atoms. The molecule has 0 radical (unpaired) electrons. The van der Waals surface area contributed by atoms with Gasteiger partial charge in [-0.2, -0.15) is 0 Å². The minimum absolute atomic E-state index is 0.655. The van der Waals surface area contributed by atoms with Crippen molar-refractivity contribution in [2.75, 3.05) is 0 Å². The van der Waals surface area contributed by atoms with Crippen molar-refractivity contribution in [2.24, 2.45) is 0 Å². The van der Waals surface area contributed by atoms with E-state index in [0.717, 1.165) is 16.3 Å². The second-order valence-corrected chi connectivity index (χ2v) is 4.45. The summed E-state index contributed by atoms with van der Waals surface area (Å²) in [6.07, 6.45) is 2.03. The monoisotopic (exact) mass is 242 g/mol. The lowest BCUT2D eigenvalue weighted by atomic mass is 10.1. The molecule has 0 saturated heterocycles. The van der Waals surface area contributed by atoms with Gasteiger partial charge in [0.05, 0.1) is 0 Å². The molecule has 2 aromatic rings. The summed E-state index contributed by atoms with van der Waals surface area (Å²) >= 11 is 5.96. The molecule has 0 N–H and O–H groups in total. The van der Waals surface area contributed by atoms with Crippen LogP contribution >= 0.6 is 11.6 Å². The fourth-order valence-corrected chi connectivity index (χ4v) is 2.19. The molecule has 2 heteroatoms. The van der Waals surface area contributed by atoms with Crippen LogP contribution in [0.2, 0.25) is 5.02 Å². The lowest BCUT2D eigenvalue weighted by Gasteiger charge is -2.00. The van der Waals surface area contributed by atoms with Gasteiger partial charge >= 0.3 is 0 Å². The molecule has 2 aromatic carbocycles. The van der Waals surface area contributed by atoms with Crippen LogP contribution < -0.4 is 0 Å². The number of hydrogen-bond donors (Lipinski definition) is 0. The van der Waals surface area contributed by atoms with Crippen molar-refractivity contribution in [3.8, 4) is 0 Å². The smallest absolute Gasteiger partial charge is 0.128 e. The lowest BCUT2D eigenvalue weighted by Crippen LogP contribution is -1.80. The number of ether oxygens (including phenoxy) is 1. The van der Waals surface area contributed by atoms with Crippen molar-refractivity contribution in [3.63, 3.8) is 0 Å². The zero-order valence-corrected chi connectivity index (χ0v) is 9.95. The van der Waals surface area contributed by atoms with Gasteiger partial charge < -0.3 is 4.74 Å². The van der Waals surface area contributed by atoms with E-state index in [9.17, 15) is 0 Å². The molecule has 0 unspecified atom stereocenters. The summed E-state index contributed by atoms with van der Waals surface area (Å²) < 4.78 is 5.69. The second-order valence-electron chi connectivity index (χ2n) is 4.01. The van der Waals surface area contributed by atoms with Gasteiger partial charge in [-0.05, 0) is 23.8 Å². The van der Waals surface area contributed by atoms with Crippen LogP contribution in [0, 0.1) is 0 Å². The van der Waals surface area contributed by atoms with Gasteiger partial charge in [0.25, 0.3) is 0 Å². The first-order valence-corrected chi connectivity index (χ1v) is 5.89. The fraction of sp³-hybridized carbons (Fsp3) is 0.0667. The van der Waals surface area contributed by atoms with Gasteiger partial charge in [-0.3, -0.25) is 0 Å². The highest BCUT2D eigenvalue weighted by Gasteiger charge is 2.16. The van der Waals surface area contributed by atoms with E-state index in [1.807, 2.05) is 42.5 Å². The van der Waals surface area contributed by atoms with E-state index < -0.39 is 0 Å². The minimum atomic E-state index is 0.655. The molecule has 0 spiro atoms. The van der Waals surface area contributed by atoms with Crippen LogP contribution in [0.3, 0.4) is 0 Å². The topological polar surface area (TPSA) is 9.23 Å². The Morgan fingerprint density at radius 2 is 1.94 bits per heavy atom. The van der Waals surface area contributed by atoms with Crippen molar-refractivity contribution in [1.82, 2.24) is 0 Å². The van der Waals surface area contributed by atoms with E-state index in [1.54, 1.807) is 0 Å². The zero-order valence-electron chi connectivity index (χ0n) is 9.19. The first-order chi connectivity index (χ1) is 8.33. The highest BCUT2D eigenvalue weighted by Crippen LogP contribution is 2.31. The van der Waals surface area contributed by atoms with E-state index in [-0.39, 0.29) is 0 Å². The number of hydrogen-bond acceptors (Lipinski definition) is 1. The number of benzene rings is 2. The summed E-state index contributed by atoms with van der Waals surface area (Å²) in [5, 5.41) is 0.741. The predicted molar refractivity (Wildman–Crippen MR) is 70.6 cm³/mol. The molecule has 3 rings (SSSR count). The Labute approximate surface area is 105 Å². The first kappa shape index (κ1) is 10.4. The van der Waals surface area contributed by atoms with Crippen molar-refractivity contribution < 1.29 is 4.74 Å². The van der Waals surface area contributed by atoms with Crippen molar-refractivity contribution >= 4 is 23.4 Å². The molecule has 0 aliphatic carbocycles. The average Bonchev–Trinajstić information content (AvgIpc) is 2.73. The average molecular weight is 243 g/mol. The molecule has 84 valence electrons. The Balaban J connectivity index is 2.02. The molecule has 0 atom stereocenters. The van der Waals surface area contributed by atoms with Gasteiger partial charge in [0.2, 0.25) is 0 Å². The van der Waals surface area contributed by atoms with E-state index >= 15 is 0 Å². The summed E-state index contributed by atoms with van der Waals surface area (Å²) in [7, 11) is 0. The molecule has 1 nitrogen and oxygen atoms in total. The number of halogens is 1. The van der Waals surface area contributed by atoms with E-state index in [1.165, 1.54) is 11.1 Å². The second kappa shape index (κ2) is 4.27. The standard InChI is InChI=1S/C15H11ClO/c16-13-6-3-4-11(8-13)9-15-14-7-2-1-5-12(14)10-17-15/h1-9H,10H2/b15-9+. The molecule has 1 heterocycles. The van der Waals surface area contributed by atoms with Crippen LogP contribution in [-0.4, -0.2) is 0 Å². The Morgan fingerprint density at radius 1 is 1.06 bits per heavy atom. The quantitative estimate of drug-likeness (QED) is 0.722. The molecule has 17 heavy (non-hydrogen) atoms. The van der Waals surface area contributed by atoms with E-state index in [4.69, 9.17) is 16.3 Å². The Kier molecular flexibility index (Phi) is 2.62. The number of rotatable bonds is 1. The van der Waals surface area contributed by atoms with Crippen molar-refractivity contribution in [1.29, 1.82) is 0 Å². The molecular formula is C15H11ClO. The first-order valence-electron chi connectivity index (χ1n) is 5.51. The molecule has 1 aliphatic heterocycles. The molecule has 1 aliphatic rings. The fourth-order valence-electron chi connectivity index (χ4n) is 1.99. The summed E-state index contributed by atoms with van der Waals surface area (Å²) in [5.74, 6) is 0.919. The van der Waals surface area contributed by atoms with Gasteiger partial charge in [0.15, 0.2) is 0 Å². The van der Waals surface area contributed by atoms with Crippen LogP contribution in [0.4, 0.5) is 0 Å². The van der Waals surface area contributed by atoms with E-state index in [2.05, 4.69) is 12.1 Å². The highest BCUT2D eigenvalue weighted by molar-refractivity contribution is 6.30. The van der Waals surface area contributed by atoms with E-state index in [0.29, 0.717) is 6.61 Å². The third-order valence-electron chi connectivity index (χ3n) is 2.81. The summed E-state index contributed by atoms with van der Waals surface area (Å²) in [6, 6.07) is 16.0. The predicted octanol–water partition coefficient (Wildman–Crippen LogP) is 4.37. The maximum Gasteiger partial charge on any atom is 0.128 e. The molecule has 0 aromatic heterocycles. The molecular weight excluding hydrogens is 232 g/mol. The molecule has 0 amide bonds. The molecule has 0 fully saturated rings. The zero-order chi connectivity index (χ0) is 11.7. The largest absolute Gasteiger partial charge is 0.488 e. The Hall–Kier alpha value is -1.73. The normalized spacial score (nSPS) is 15.7. The van der Waals surface area contributed by atoms with Crippen LogP contribution in [0.1, 0.15) is 16.7 Å². The maximum absolute atomic E-state index is 5.96.